The Morgan fingerprint density at radius 2 is 1.55 bits per heavy atom. The Labute approximate surface area is 132 Å². The van der Waals surface area contributed by atoms with E-state index in [9.17, 15) is 4.79 Å². The maximum Gasteiger partial charge on any atom is 0.254 e. The molecule has 2 heteroatoms. The highest BCUT2D eigenvalue weighted by Crippen LogP contribution is 2.34. The average molecular weight is 293 g/mol. The maximum atomic E-state index is 13.0. The lowest BCUT2D eigenvalue weighted by molar-refractivity contribution is 0.0455. The van der Waals surface area contributed by atoms with Crippen molar-refractivity contribution in [2.75, 3.05) is 0 Å². The molecule has 0 radical (unpaired) electrons. The lowest BCUT2D eigenvalue weighted by atomic mass is 9.78. The van der Waals surface area contributed by atoms with E-state index in [1.54, 1.807) is 0 Å². The van der Waals surface area contributed by atoms with Gasteiger partial charge in [-0.1, -0.05) is 63.2 Å². The molecule has 1 heterocycles. The molecule has 0 fully saturated rings. The summed E-state index contributed by atoms with van der Waals surface area (Å²) in [5.41, 5.74) is 3.47. The predicted octanol–water partition coefficient (Wildman–Crippen LogP) is 4.30. The Hall–Kier alpha value is -2.09. The number of fused-ring (bicyclic) bond motifs is 1. The molecule has 1 atom stereocenters. The van der Waals surface area contributed by atoms with Crippen molar-refractivity contribution in [3.8, 4) is 0 Å². The highest BCUT2D eigenvalue weighted by molar-refractivity contribution is 5.94. The molecule has 2 aromatic carbocycles. The third kappa shape index (κ3) is 2.78. The maximum absolute atomic E-state index is 13.0. The van der Waals surface area contributed by atoms with Crippen molar-refractivity contribution in [1.29, 1.82) is 0 Å². The van der Waals surface area contributed by atoms with Gasteiger partial charge in [-0.25, -0.2) is 0 Å². The topological polar surface area (TPSA) is 20.3 Å². The monoisotopic (exact) mass is 293 g/mol. The summed E-state index contributed by atoms with van der Waals surface area (Å²) in [6.07, 6.45) is 0.929. The summed E-state index contributed by atoms with van der Waals surface area (Å²) in [5.74, 6) is 0.134. The summed E-state index contributed by atoms with van der Waals surface area (Å²) in [6.45, 7) is 7.36. The lowest BCUT2D eigenvalue weighted by Crippen LogP contribution is -2.50. The Balaban J connectivity index is 1.99. The standard InChI is InChI=1S/C20H23NO/c1-20(2,3)18-13-16-11-7-8-12-17(16)14-21(18)19(22)15-9-5-4-6-10-15/h4-12,18H,13-14H2,1-3H3. The summed E-state index contributed by atoms with van der Waals surface area (Å²) in [4.78, 5) is 15.0. The summed E-state index contributed by atoms with van der Waals surface area (Å²) >= 11 is 0. The number of carbonyl (C=O) groups excluding carboxylic acids is 1. The normalized spacial score (nSPS) is 18.0. The number of carbonyl (C=O) groups is 1. The van der Waals surface area contributed by atoms with Gasteiger partial charge >= 0.3 is 0 Å². The van der Waals surface area contributed by atoms with E-state index in [2.05, 4.69) is 49.9 Å². The Morgan fingerprint density at radius 1 is 0.955 bits per heavy atom. The minimum atomic E-state index is 0.0535. The van der Waals surface area contributed by atoms with E-state index in [1.807, 2.05) is 30.3 Å². The molecule has 3 rings (SSSR count). The minimum absolute atomic E-state index is 0.0535. The summed E-state index contributed by atoms with van der Waals surface area (Å²) in [5, 5.41) is 0. The molecule has 2 nitrogen and oxygen atoms in total. The van der Waals surface area contributed by atoms with Gasteiger partial charge < -0.3 is 4.90 Å². The van der Waals surface area contributed by atoms with E-state index in [4.69, 9.17) is 0 Å². The molecule has 1 amide bonds. The van der Waals surface area contributed by atoms with Crippen molar-refractivity contribution >= 4 is 5.91 Å². The number of amides is 1. The third-order valence-corrected chi connectivity index (χ3v) is 4.53. The molecule has 1 unspecified atom stereocenters. The molecule has 0 saturated carbocycles. The predicted molar refractivity (Wildman–Crippen MR) is 89.7 cm³/mol. The average Bonchev–Trinajstić information content (AvgIpc) is 2.53. The van der Waals surface area contributed by atoms with Gasteiger partial charge in [-0.2, -0.15) is 0 Å². The van der Waals surface area contributed by atoms with Crippen molar-refractivity contribution < 1.29 is 4.79 Å². The van der Waals surface area contributed by atoms with Gasteiger partial charge in [-0.05, 0) is 35.1 Å². The Morgan fingerprint density at radius 3 is 2.18 bits per heavy atom. The fourth-order valence-electron chi connectivity index (χ4n) is 3.26. The summed E-state index contributed by atoms with van der Waals surface area (Å²) in [6, 6.07) is 18.3. The van der Waals surface area contributed by atoms with Crippen LogP contribution in [0.5, 0.6) is 0 Å². The van der Waals surface area contributed by atoms with Crippen LogP contribution >= 0.6 is 0 Å². The van der Waals surface area contributed by atoms with Crippen LogP contribution in [-0.2, 0) is 13.0 Å². The lowest BCUT2D eigenvalue weighted by Gasteiger charge is -2.44. The van der Waals surface area contributed by atoms with Crippen LogP contribution in [0.1, 0.15) is 42.3 Å². The summed E-state index contributed by atoms with van der Waals surface area (Å²) < 4.78 is 0. The molecule has 0 bridgehead atoms. The Bertz CT molecular complexity index is 670. The van der Waals surface area contributed by atoms with Crippen LogP contribution in [0, 0.1) is 5.41 Å². The number of nitrogens with zero attached hydrogens (tertiary/aromatic N) is 1. The summed E-state index contributed by atoms with van der Waals surface area (Å²) in [7, 11) is 0. The van der Waals surface area contributed by atoms with Gasteiger partial charge in [0, 0.05) is 18.2 Å². The van der Waals surface area contributed by atoms with Crippen molar-refractivity contribution in [2.45, 2.75) is 39.8 Å². The first kappa shape index (κ1) is 14.8. The van der Waals surface area contributed by atoms with Gasteiger partial charge in [-0.3, -0.25) is 4.79 Å². The fraction of sp³-hybridized carbons (Fsp3) is 0.350. The van der Waals surface area contributed by atoms with Crippen molar-refractivity contribution in [1.82, 2.24) is 4.90 Å². The van der Waals surface area contributed by atoms with Crippen molar-refractivity contribution in [3.63, 3.8) is 0 Å². The smallest absolute Gasteiger partial charge is 0.254 e. The van der Waals surface area contributed by atoms with E-state index in [0.717, 1.165) is 12.0 Å². The number of hydrogen-bond acceptors (Lipinski definition) is 1. The number of benzene rings is 2. The molecule has 114 valence electrons. The van der Waals surface area contributed by atoms with Gasteiger partial charge in [0.2, 0.25) is 0 Å². The van der Waals surface area contributed by atoms with Crippen LogP contribution in [0.4, 0.5) is 0 Å². The molecule has 0 aromatic heterocycles. The first-order chi connectivity index (χ1) is 10.5. The second-order valence-electron chi connectivity index (χ2n) is 7.15. The van der Waals surface area contributed by atoms with E-state index >= 15 is 0 Å². The minimum Gasteiger partial charge on any atom is -0.330 e. The third-order valence-electron chi connectivity index (χ3n) is 4.53. The van der Waals surface area contributed by atoms with Gasteiger partial charge in [0.1, 0.15) is 0 Å². The molecule has 22 heavy (non-hydrogen) atoms. The first-order valence-electron chi connectivity index (χ1n) is 7.89. The van der Waals surface area contributed by atoms with E-state index in [-0.39, 0.29) is 17.4 Å². The van der Waals surface area contributed by atoms with Gasteiger partial charge in [-0.15, -0.1) is 0 Å². The molecule has 1 aliphatic heterocycles. The first-order valence-corrected chi connectivity index (χ1v) is 7.89. The van der Waals surface area contributed by atoms with Crippen LogP contribution in [0.25, 0.3) is 0 Å². The highest BCUT2D eigenvalue weighted by atomic mass is 16.2. The zero-order valence-corrected chi connectivity index (χ0v) is 13.5. The van der Waals surface area contributed by atoms with Crippen LogP contribution in [0.2, 0.25) is 0 Å². The van der Waals surface area contributed by atoms with Gasteiger partial charge in [0.05, 0.1) is 0 Å². The van der Waals surface area contributed by atoms with Crippen molar-refractivity contribution in [3.05, 3.63) is 71.3 Å². The largest absolute Gasteiger partial charge is 0.330 e. The van der Waals surface area contributed by atoms with Gasteiger partial charge in [0.15, 0.2) is 0 Å². The SMILES string of the molecule is CC(C)(C)C1Cc2ccccc2CN1C(=O)c1ccccc1. The van der Waals surface area contributed by atoms with E-state index in [0.29, 0.717) is 6.54 Å². The quantitative estimate of drug-likeness (QED) is 0.767. The number of hydrogen-bond donors (Lipinski definition) is 0. The molecule has 0 aliphatic carbocycles. The molecule has 0 N–H and O–H groups in total. The molecule has 2 aromatic rings. The van der Waals surface area contributed by atoms with Gasteiger partial charge in [0.25, 0.3) is 5.91 Å². The molecule has 1 aliphatic rings. The second-order valence-corrected chi connectivity index (χ2v) is 7.15. The van der Waals surface area contributed by atoms with Crippen LogP contribution < -0.4 is 0 Å². The van der Waals surface area contributed by atoms with Crippen LogP contribution in [0.15, 0.2) is 54.6 Å². The highest BCUT2D eigenvalue weighted by Gasteiger charge is 2.37. The molecular formula is C20H23NO. The van der Waals surface area contributed by atoms with Crippen LogP contribution in [0.3, 0.4) is 0 Å². The van der Waals surface area contributed by atoms with Crippen LogP contribution in [-0.4, -0.2) is 16.8 Å². The molecule has 0 saturated heterocycles. The van der Waals surface area contributed by atoms with E-state index in [1.165, 1.54) is 11.1 Å². The fourth-order valence-corrected chi connectivity index (χ4v) is 3.26. The number of rotatable bonds is 1. The zero-order chi connectivity index (χ0) is 15.7. The molecular weight excluding hydrogens is 270 g/mol. The zero-order valence-electron chi connectivity index (χ0n) is 13.5. The van der Waals surface area contributed by atoms with E-state index < -0.39 is 0 Å². The second kappa shape index (κ2) is 5.60. The van der Waals surface area contributed by atoms with Crippen molar-refractivity contribution in [2.24, 2.45) is 5.41 Å². The molecule has 0 spiro atoms. The Kier molecular flexibility index (Phi) is 3.78.